The largest absolute Gasteiger partial charge is 0.493 e. The Labute approximate surface area is 197 Å². The number of nitro benzene ring substituents is 2. The lowest BCUT2D eigenvalue weighted by molar-refractivity contribution is -0.394. The second-order valence-corrected chi connectivity index (χ2v) is 7.32. The summed E-state index contributed by atoms with van der Waals surface area (Å²) in [6.07, 6.45) is 1.58. The molecule has 0 bridgehead atoms. The highest BCUT2D eigenvalue weighted by molar-refractivity contribution is 6.36. The summed E-state index contributed by atoms with van der Waals surface area (Å²) in [5.74, 6) is 0.156. The van der Waals surface area contributed by atoms with Gasteiger partial charge < -0.3 is 9.47 Å². The predicted molar refractivity (Wildman–Crippen MR) is 123 cm³/mol. The van der Waals surface area contributed by atoms with Crippen LogP contribution in [-0.4, -0.2) is 17.0 Å². The van der Waals surface area contributed by atoms with Gasteiger partial charge in [-0.1, -0.05) is 35.3 Å². The maximum Gasteiger partial charge on any atom is 0.318 e. The Balaban J connectivity index is 1.98. The van der Waals surface area contributed by atoms with Crippen LogP contribution in [0, 0.1) is 31.6 Å². The number of non-ortho nitro benzene ring substituents is 1. The van der Waals surface area contributed by atoms with Crippen LogP contribution in [0.25, 0.3) is 11.6 Å². The van der Waals surface area contributed by atoms with Gasteiger partial charge in [0.2, 0.25) is 5.75 Å². The predicted octanol–water partition coefficient (Wildman–Crippen LogP) is 6.67. The fourth-order valence-electron chi connectivity index (χ4n) is 2.87. The number of ether oxygens (including phenoxy) is 2. The van der Waals surface area contributed by atoms with E-state index in [9.17, 15) is 25.5 Å². The van der Waals surface area contributed by atoms with E-state index in [4.69, 9.17) is 32.7 Å². The van der Waals surface area contributed by atoms with Gasteiger partial charge in [-0.3, -0.25) is 20.2 Å². The van der Waals surface area contributed by atoms with E-state index in [0.29, 0.717) is 21.2 Å². The van der Waals surface area contributed by atoms with E-state index in [1.807, 2.05) is 0 Å². The molecule has 11 heteroatoms. The molecule has 0 atom stereocenters. The molecule has 0 unspecified atom stereocenters. The number of hydrogen-bond donors (Lipinski definition) is 0. The minimum absolute atomic E-state index is 0.134. The van der Waals surface area contributed by atoms with E-state index >= 15 is 0 Å². The highest BCUT2D eigenvalue weighted by Gasteiger charge is 2.22. The summed E-state index contributed by atoms with van der Waals surface area (Å²) in [6.45, 7) is 0. The van der Waals surface area contributed by atoms with E-state index in [2.05, 4.69) is 6.07 Å². The summed E-state index contributed by atoms with van der Waals surface area (Å²) in [5.41, 5.74) is 0.327. The molecule has 0 aromatic heterocycles. The lowest BCUT2D eigenvalue weighted by atomic mass is 10.0. The zero-order valence-electron chi connectivity index (χ0n) is 16.8. The van der Waals surface area contributed by atoms with Gasteiger partial charge in [-0.25, -0.2) is 0 Å². The Morgan fingerprint density at radius 3 is 2.30 bits per heavy atom. The third-order valence-corrected chi connectivity index (χ3v) is 4.96. The average molecular weight is 486 g/mol. The quantitative estimate of drug-likeness (QED) is 0.158. The standard InChI is InChI=1S/C22H13Cl2N3O6/c1-32-22-9-13(8-14(12-25)17-5-3-15(23)10-18(17)24)2-6-21(22)33-20-7-4-16(26(28)29)11-19(20)27(30)31/h2-11H,1H3/b14-8+. The first-order chi connectivity index (χ1) is 15.7. The van der Waals surface area contributed by atoms with Crippen molar-refractivity contribution < 1.29 is 19.3 Å². The van der Waals surface area contributed by atoms with Crippen LogP contribution < -0.4 is 9.47 Å². The van der Waals surface area contributed by atoms with Crippen LogP contribution in [0.15, 0.2) is 54.6 Å². The molecule has 0 aliphatic heterocycles. The second-order valence-electron chi connectivity index (χ2n) is 6.47. The van der Waals surface area contributed by atoms with Gasteiger partial charge in [0.25, 0.3) is 5.69 Å². The molecular weight excluding hydrogens is 473 g/mol. The van der Waals surface area contributed by atoms with Crippen LogP contribution in [0.5, 0.6) is 17.2 Å². The number of halogens is 2. The lowest BCUT2D eigenvalue weighted by Gasteiger charge is -2.11. The van der Waals surface area contributed by atoms with Crippen molar-refractivity contribution in [2.45, 2.75) is 0 Å². The Morgan fingerprint density at radius 2 is 1.70 bits per heavy atom. The molecule has 3 aromatic rings. The van der Waals surface area contributed by atoms with E-state index in [1.165, 1.54) is 19.2 Å². The molecule has 0 aliphatic carbocycles. The first-order valence-corrected chi connectivity index (χ1v) is 9.85. The molecule has 3 aromatic carbocycles. The zero-order valence-corrected chi connectivity index (χ0v) is 18.3. The molecule has 0 aliphatic rings. The van der Waals surface area contributed by atoms with E-state index < -0.39 is 21.2 Å². The fraction of sp³-hybridized carbons (Fsp3) is 0.0455. The van der Waals surface area contributed by atoms with Crippen molar-refractivity contribution in [2.24, 2.45) is 0 Å². The van der Waals surface area contributed by atoms with E-state index in [-0.39, 0.29) is 22.8 Å². The van der Waals surface area contributed by atoms with Gasteiger partial charge in [-0.2, -0.15) is 5.26 Å². The number of benzene rings is 3. The highest BCUT2D eigenvalue weighted by Crippen LogP contribution is 2.39. The van der Waals surface area contributed by atoms with Gasteiger partial charge in [0.1, 0.15) is 0 Å². The minimum Gasteiger partial charge on any atom is -0.493 e. The first kappa shape index (κ1) is 23.5. The summed E-state index contributed by atoms with van der Waals surface area (Å²) < 4.78 is 10.9. The van der Waals surface area contributed by atoms with Crippen molar-refractivity contribution in [3.05, 3.63) is 96.0 Å². The number of hydrogen-bond acceptors (Lipinski definition) is 7. The van der Waals surface area contributed by atoms with Crippen LogP contribution in [-0.2, 0) is 0 Å². The summed E-state index contributed by atoms with van der Waals surface area (Å²) in [4.78, 5) is 20.7. The first-order valence-electron chi connectivity index (χ1n) is 9.09. The Hall–Kier alpha value is -4.13. The van der Waals surface area contributed by atoms with Crippen LogP contribution >= 0.6 is 23.2 Å². The molecule has 0 fully saturated rings. The monoisotopic (exact) mass is 485 g/mol. The van der Waals surface area contributed by atoms with Crippen molar-refractivity contribution >= 4 is 46.2 Å². The van der Waals surface area contributed by atoms with Gasteiger partial charge in [-0.05, 0) is 42.0 Å². The van der Waals surface area contributed by atoms with Crippen LogP contribution in [0.2, 0.25) is 10.0 Å². The van der Waals surface area contributed by atoms with Crippen molar-refractivity contribution in [1.82, 2.24) is 0 Å². The average Bonchev–Trinajstić information content (AvgIpc) is 2.78. The molecular formula is C22H13Cl2N3O6. The Bertz CT molecular complexity index is 1330. The number of rotatable bonds is 7. The molecule has 0 heterocycles. The van der Waals surface area contributed by atoms with Crippen molar-refractivity contribution in [1.29, 1.82) is 5.26 Å². The number of nitriles is 1. The molecule has 33 heavy (non-hydrogen) atoms. The number of allylic oxidation sites excluding steroid dienone is 1. The summed E-state index contributed by atoms with van der Waals surface area (Å²) >= 11 is 12.1. The van der Waals surface area contributed by atoms with Crippen LogP contribution in [0.4, 0.5) is 11.4 Å². The molecule has 0 N–H and O–H groups in total. The molecule has 0 saturated heterocycles. The minimum atomic E-state index is -0.777. The number of methoxy groups -OCH3 is 1. The smallest absolute Gasteiger partial charge is 0.318 e. The Kier molecular flexibility index (Phi) is 7.13. The lowest BCUT2D eigenvalue weighted by Crippen LogP contribution is -1.97. The number of nitrogens with zero attached hydrogens (tertiary/aromatic N) is 3. The molecule has 0 amide bonds. The SMILES string of the molecule is COc1cc(/C=C(\C#N)c2ccc(Cl)cc2Cl)ccc1Oc1ccc([N+](=O)[O-])cc1[N+](=O)[O-]. The van der Waals surface area contributed by atoms with Gasteiger partial charge in [0, 0.05) is 16.7 Å². The topological polar surface area (TPSA) is 129 Å². The highest BCUT2D eigenvalue weighted by atomic mass is 35.5. The zero-order chi connectivity index (χ0) is 24.1. The van der Waals surface area contributed by atoms with Crippen molar-refractivity contribution in [3.8, 4) is 23.3 Å². The van der Waals surface area contributed by atoms with E-state index in [0.717, 1.165) is 18.2 Å². The molecule has 3 rings (SSSR count). The van der Waals surface area contributed by atoms with Crippen LogP contribution in [0.1, 0.15) is 11.1 Å². The number of nitro groups is 2. The van der Waals surface area contributed by atoms with Gasteiger partial charge in [0.05, 0.1) is 39.7 Å². The maximum absolute atomic E-state index is 11.3. The van der Waals surface area contributed by atoms with Gasteiger partial charge in [-0.15, -0.1) is 0 Å². The molecule has 9 nitrogen and oxygen atoms in total. The van der Waals surface area contributed by atoms with Gasteiger partial charge in [0.15, 0.2) is 11.5 Å². The van der Waals surface area contributed by atoms with Crippen molar-refractivity contribution in [2.75, 3.05) is 7.11 Å². The fourth-order valence-corrected chi connectivity index (χ4v) is 3.38. The molecule has 0 saturated carbocycles. The molecule has 166 valence electrons. The van der Waals surface area contributed by atoms with Crippen LogP contribution in [0.3, 0.4) is 0 Å². The molecule has 0 radical (unpaired) electrons. The molecule has 0 spiro atoms. The summed E-state index contributed by atoms with van der Waals surface area (Å²) in [7, 11) is 1.38. The summed E-state index contributed by atoms with van der Waals surface area (Å²) in [6, 6.07) is 14.6. The second kappa shape index (κ2) is 9.99. The third-order valence-electron chi connectivity index (χ3n) is 4.41. The van der Waals surface area contributed by atoms with E-state index in [1.54, 1.807) is 30.3 Å². The van der Waals surface area contributed by atoms with Crippen molar-refractivity contribution in [3.63, 3.8) is 0 Å². The van der Waals surface area contributed by atoms with Gasteiger partial charge >= 0.3 is 5.69 Å². The summed E-state index contributed by atoms with van der Waals surface area (Å²) in [5, 5.41) is 32.6. The normalized spacial score (nSPS) is 10.9. The Morgan fingerprint density at radius 1 is 0.970 bits per heavy atom. The maximum atomic E-state index is 11.3. The third kappa shape index (κ3) is 5.38.